The summed E-state index contributed by atoms with van der Waals surface area (Å²) in [5.74, 6) is -0.451. The van der Waals surface area contributed by atoms with Crippen molar-refractivity contribution >= 4 is 29.1 Å². The van der Waals surface area contributed by atoms with Gasteiger partial charge in [-0.25, -0.2) is 0 Å². The van der Waals surface area contributed by atoms with Crippen LogP contribution in [0.5, 0.6) is 5.75 Å². The monoisotopic (exact) mass is 388 g/mol. The molecule has 2 amide bonds. The summed E-state index contributed by atoms with van der Waals surface area (Å²) >= 11 is 5.89. The lowest BCUT2D eigenvalue weighted by atomic mass is 9.90. The summed E-state index contributed by atoms with van der Waals surface area (Å²) in [7, 11) is 0. The Hall–Kier alpha value is -1.89. The Kier molecular flexibility index (Phi) is 6.44. The highest BCUT2D eigenvalue weighted by molar-refractivity contribution is 6.32. The predicted octanol–water partition coefficient (Wildman–Crippen LogP) is 4.16. The van der Waals surface area contributed by atoms with Crippen LogP contribution in [-0.2, 0) is 9.59 Å². The Morgan fingerprint density at radius 1 is 1.27 bits per heavy atom. The van der Waals surface area contributed by atoms with Crippen molar-refractivity contribution in [2.24, 2.45) is 11.3 Å². The molecule has 1 heterocycles. The van der Waals surface area contributed by atoms with Gasteiger partial charge in [-0.05, 0) is 31.0 Å². The van der Waals surface area contributed by atoms with E-state index in [1.165, 1.54) is 18.2 Å². The first-order valence-electron chi connectivity index (χ1n) is 8.42. The van der Waals surface area contributed by atoms with Crippen LogP contribution in [0.1, 0.15) is 33.6 Å². The number of nitrogens with zero attached hydrogens (tertiary/aromatic N) is 1. The third kappa shape index (κ3) is 5.30. The van der Waals surface area contributed by atoms with Gasteiger partial charge in [0.25, 0.3) is 0 Å². The maximum atomic E-state index is 12.4. The number of likely N-dealkylation sites (tertiary alicyclic amines) is 1. The molecule has 0 unspecified atom stereocenters. The van der Waals surface area contributed by atoms with Crippen LogP contribution in [0, 0.1) is 11.3 Å². The SMILES string of the molecule is CC(C)(C)C(=O)N1CCC(C(=O)Nc2ccc(OC(F)F)c(Cl)c2)CC1. The van der Waals surface area contributed by atoms with Gasteiger partial charge in [0.2, 0.25) is 11.8 Å². The average molecular weight is 389 g/mol. The van der Waals surface area contributed by atoms with Crippen molar-refractivity contribution in [2.45, 2.75) is 40.2 Å². The van der Waals surface area contributed by atoms with Gasteiger partial charge in [-0.2, -0.15) is 8.78 Å². The topological polar surface area (TPSA) is 58.6 Å². The van der Waals surface area contributed by atoms with Gasteiger partial charge in [0.1, 0.15) is 5.75 Å². The Bertz CT molecular complexity index is 669. The van der Waals surface area contributed by atoms with Crippen LogP contribution in [0.3, 0.4) is 0 Å². The van der Waals surface area contributed by atoms with Crippen molar-refractivity contribution in [3.63, 3.8) is 0 Å². The standard InChI is InChI=1S/C18H23ClF2N2O3/c1-18(2,3)16(25)23-8-6-11(7-9-23)15(24)22-12-4-5-14(13(19)10-12)26-17(20)21/h4-5,10-11,17H,6-9H2,1-3H3,(H,22,24). The summed E-state index contributed by atoms with van der Waals surface area (Å²) in [6.07, 6.45) is 1.15. The summed E-state index contributed by atoms with van der Waals surface area (Å²) in [6.45, 7) is 3.73. The second-order valence-corrected chi connectivity index (χ2v) is 7.74. The number of rotatable bonds is 4. The molecule has 1 aliphatic rings. The molecule has 1 N–H and O–H groups in total. The number of hydrogen-bond acceptors (Lipinski definition) is 3. The van der Waals surface area contributed by atoms with Gasteiger partial charge in [-0.1, -0.05) is 32.4 Å². The van der Waals surface area contributed by atoms with Gasteiger partial charge in [-0.15, -0.1) is 0 Å². The molecule has 0 bridgehead atoms. The number of nitrogens with one attached hydrogen (secondary N) is 1. The molecule has 0 spiro atoms. The van der Waals surface area contributed by atoms with Crippen LogP contribution in [0.25, 0.3) is 0 Å². The minimum atomic E-state index is -2.96. The molecule has 144 valence electrons. The first-order valence-corrected chi connectivity index (χ1v) is 8.80. The van der Waals surface area contributed by atoms with E-state index in [2.05, 4.69) is 10.1 Å². The molecular weight excluding hydrogens is 366 g/mol. The highest BCUT2D eigenvalue weighted by Gasteiger charge is 2.32. The summed E-state index contributed by atoms with van der Waals surface area (Å²) in [5, 5.41) is 2.73. The van der Waals surface area contributed by atoms with Gasteiger partial charge in [-0.3, -0.25) is 9.59 Å². The molecule has 1 aliphatic heterocycles. The number of ether oxygens (including phenoxy) is 1. The molecule has 1 fully saturated rings. The zero-order chi connectivity index (χ0) is 19.5. The molecule has 1 saturated heterocycles. The largest absolute Gasteiger partial charge is 0.433 e. The van der Waals surface area contributed by atoms with Gasteiger partial charge < -0.3 is 15.0 Å². The minimum Gasteiger partial charge on any atom is -0.433 e. The van der Waals surface area contributed by atoms with Crippen molar-refractivity contribution in [3.8, 4) is 5.75 Å². The predicted molar refractivity (Wildman–Crippen MR) is 95.5 cm³/mol. The molecule has 5 nitrogen and oxygen atoms in total. The normalized spacial score (nSPS) is 15.9. The first kappa shape index (κ1) is 20.4. The average Bonchev–Trinajstić information content (AvgIpc) is 2.55. The summed E-state index contributed by atoms with van der Waals surface area (Å²) < 4.78 is 28.7. The Morgan fingerprint density at radius 3 is 2.38 bits per heavy atom. The molecule has 0 aromatic heterocycles. The molecule has 1 aromatic rings. The second-order valence-electron chi connectivity index (χ2n) is 7.33. The lowest BCUT2D eigenvalue weighted by molar-refractivity contribution is -0.142. The highest BCUT2D eigenvalue weighted by atomic mass is 35.5. The third-order valence-electron chi connectivity index (χ3n) is 4.21. The fourth-order valence-electron chi connectivity index (χ4n) is 2.83. The van der Waals surface area contributed by atoms with Crippen LogP contribution in [0.4, 0.5) is 14.5 Å². The van der Waals surface area contributed by atoms with Crippen LogP contribution >= 0.6 is 11.6 Å². The number of piperidine rings is 1. The highest BCUT2D eigenvalue weighted by Crippen LogP contribution is 2.30. The van der Waals surface area contributed by atoms with E-state index in [-0.39, 0.29) is 28.5 Å². The van der Waals surface area contributed by atoms with Crippen molar-refractivity contribution in [1.29, 1.82) is 0 Å². The van der Waals surface area contributed by atoms with Crippen LogP contribution in [0.2, 0.25) is 5.02 Å². The number of halogens is 3. The van der Waals surface area contributed by atoms with E-state index < -0.39 is 12.0 Å². The fraction of sp³-hybridized carbons (Fsp3) is 0.556. The Balaban J connectivity index is 1.91. The zero-order valence-electron chi connectivity index (χ0n) is 15.0. The van der Waals surface area contributed by atoms with Crippen LogP contribution in [-0.4, -0.2) is 36.4 Å². The van der Waals surface area contributed by atoms with E-state index in [9.17, 15) is 18.4 Å². The lowest BCUT2D eigenvalue weighted by Crippen LogP contribution is -2.45. The molecule has 0 aliphatic carbocycles. The van der Waals surface area contributed by atoms with Gasteiger partial charge in [0, 0.05) is 30.1 Å². The molecule has 8 heteroatoms. The number of carbonyl (C=O) groups excluding carboxylic acids is 2. The molecule has 26 heavy (non-hydrogen) atoms. The number of amides is 2. The molecular formula is C18H23ClF2N2O3. The summed E-state index contributed by atoms with van der Waals surface area (Å²) in [6, 6.07) is 4.11. The maximum absolute atomic E-state index is 12.4. The number of benzene rings is 1. The quantitative estimate of drug-likeness (QED) is 0.842. The van der Waals surface area contributed by atoms with Crippen LogP contribution < -0.4 is 10.1 Å². The summed E-state index contributed by atoms with van der Waals surface area (Å²) in [4.78, 5) is 26.5. The maximum Gasteiger partial charge on any atom is 0.387 e. The van der Waals surface area contributed by atoms with Crippen molar-refractivity contribution in [2.75, 3.05) is 18.4 Å². The molecule has 0 saturated carbocycles. The van der Waals surface area contributed by atoms with E-state index in [0.29, 0.717) is 31.6 Å². The van der Waals surface area contributed by atoms with E-state index in [1.807, 2.05) is 20.8 Å². The van der Waals surface area contributed by atoms with E-state index >= 15 is 0 Å². The molecule has 1 aromatic carbocycles. The minimum absolute atomic E-state index is 0.00584. The van der Waals surface area contributed by atoms with Crippen molar-refractivity contribution < 1.29 is 23.1 Å². The van der Waals surface area contributed by atoms with E-state index in [1.54, 1.807) is 4.90 Å². The second kappa shape index (κ2) is 8.20. The zero-order valence-corrected chi connectivity index (χ0v) is 15.8. The number of hydrogen-bond donors (Lipinski definition) is 1. The number of anilines is 1. The lowest BCUT2D eigenvalue weighted by Gasteiger charge is -2.35. The molecule has 2 rings (SSSR count). The fourth-order valence-corrected chi connectivity index (χ4v) is 3.06. The Labute approximate surface area is 156 Å². The summed E-state index contributed by atoms with van der Waals surface area (Å²) in [5.41, 5.74) is -0.0248. The van der Waals surface area contributed by atoms with Gasteiger partial charge in [0.15, 0.2) is 0 Å². The smallest absolute Gasteiger partial charge is 0.387 e. The van der Waals surface area contributed by atoms with E-state index in [0.717, 1.165) is 0 Å². The van der Waals surface area contributed by atoms with Gasteiger partial charge in [0.05, 0.1) is 5.02 Å². The number of alkyl halides is 2. The van der Waals surface area contributed by atoms with Crippen molar-refractivity contribution in [3.05, 3.63) is 23.2 Å². The molecule has 0 radical (unpaired) electrons. The number of carbonyl (C=O) groups is 2. The van der Waals surface area contributed by atoms with Gasteiger partial charge >= 0.3 is 6.61 Å². The van der Waals surface area contributed by atoms with Crippen LogP contribution in [0.15, 0.2) is 18.2 Å². The van der Waals surface area contributed by atoms with E-state index in [4.69, 9.17) is 11.6 Å². The Morgan fingerprint density at radius 2 is 1.88 bits per heavy atom. The molecule has 0 atom stereocenters. The first-order chi connectivity index (χ1) is 12.1. The third-order valence-corrected chi connectivity index (χ3v) is 4.51. The van der Waals surface area contributed by atoms with Crippen molar-refractivity contribution in [1.82, 2.24) is 4.90 Å².